The molecule has 1 fully saturated rings. The largest absolute Gasteiger partial charge is 0.493 e. The van der Waals surface area contributed by atoms with E-state index in [4.69, 9.17) is 19.3 Å². The third-order valence-corrected chi connectivity index (χ3v) is 6.20. The number of carboxylic acid groups (broad SMARTS) is 1. The number of aliphatic carboxylic acids is 1. The van der Waals surface area contributed by atoms with Gasteiger partial charge in [0.2, 0.25) is 0 Å². The van der Waals surface area contributed by atoms with Crippen molar-refractivity contribution in [2.45, 2.75) is 32.2 Å². The van der Waals surface area contributed by atoms with E-state index < -0.39 is 12.0 Å². The summed E-state index contributed by atoms with van der Waals surface area (Å²) in [5.41, 5.74) is 4.48. The van der Waals surface area contributed by atoms with Crippen molar-refractivity contribution in [1.82, 2.24) is 5.32 Å². The lowest BCUT2D eigenvalue weighted by Gasteiger charge is -2.16. The molecule has 1 heterocycles. The Morgan fingerprint density at radius 1 is 1.10 bits per heavy atom. The fraction of sp³-hybridized carbons (Fsp3) is 0.409. The number of carboxylic acids is 1. The molecule has 0 bridgehead atoms. The SMILES string of the molecule is COc1cc(C2NC(C(=O)O)CS2)ccc1OCCOc1cc(C)cc(C)c1C. The first-order valence-electron chi connectivity index (χ1n) is 9.51. The second kappa shape index (κ2) is 9.41. The van der Waals surface area contributed by atoms with Gasteiger partial charge in [-0.05, 0) is 61.2 Å². The Balaban J connectivity index is 1.58. The average Bonchev–Trinajstić information content (AvgIpc) is 3.19. The summed E-state index contributed by atoms with van der Waals surface area (Å²) in [5, 5.41) is 12.2. The average molecular weight is 418 g/mol. The Kier molecular flexibility index (Phi) is 6.92. The highest BCUT2D eigenvalue weighted by atomic mass is 32.2. The van der Waals surface area contributed by atoms with Crippen LogP contribution in [0.15, 0.2) is 30.3 Å². The lowest BCUT2D eigenvalue weighted by Crippen LogP contribution is -2.33. The number of nitrogens with one attached hydrogen (secondary N) is 1. The summed E-state index contributed by atoms with van der Waals surface area (Å²) in [6.07, 6.45) is 0. The summed E-state index contributed by atoms with van der Waals surface area (Å²) in [6, 6.07) is 9.32. The summed E-state index contributed by atoms with van der Waals surface area (Å²) < 4.78 is 17.2. The van der Waals surface area contributed by atoms with Crippen molar-refractivity contribution < 1.29 is 24.1 Å². The molecule has 156 valence electrons. The molecule has 2 unspecified atom stereocenters. The molecule has 2 aromatic carbocycles. The monoisotopic (exact) mass is 417 g/mol. The maximum atomic E-state index is 11.1. The molecule has 0 saturated carbocycles. The van der Waals surface area contributed by atoms with E-state index in [2.05, 4.69) is 32.2 Å². The van der Waals surface area contributed by atoms with Gasteiger partial charge in [-0.2, -0.15) is 0 Å². The lowest BCUT2D eigenvalue weighted by atomic mass is 10.1. The second-order valence-corrected chi connectivity index (χ2v) is 8.22. The third-order valence-electron chi connectivity index (χ3n) is 4.93. The zero-order valence-electron chi connectivity index (χ0n) is 17.2. The number of benzene rings is 2. The van der Waals surface area contributed by atoms with Gasteiger partial charge in [0.05, 0.1) is 12.5 Å². The van der Waals surface area contributed by atoms with Gasteiger partial charge in [0.25, 0.3) is 0 Å². The van der Waals surface area contributed by atoms with Gasteiger partial charge in [-0.15, -0.1) is 11.8 Å². The summed E-state index contributed by atoms with van der Waals surface area (Å²) in [6.45, 7) is 7.00. The van der Waals surface area contributed by atoms with E-state index in [1.54, 1.807) is 18.9 Å². The number of aryl methyl sites for hydroxylation is 2. The first-order chi connectivity index (χ1) is 13.9. The van der Waals surface area contributed by atoms with E-state index in [0.29, 0.717) is 30.5 Å². The van der Waals surface area contributed by atoms with E-state index in [0.717, 1.165) is 16.9 Å². The highest BCUT2D eigenvalue weighted by molar-refractivity contribution is 7.99. The standard InChI is InChI=1S/C22H27NO5S/c1-13-9-14(2)15(3)19(10-13)28-8-7-27-18-6-5-16(11-20(18)26-4)21-23-17(12-29-21)22(24)25/h5-6,9-11,17,21,23H,7-8,12H2,1-4H3,(H,24,25). The van der Waals surface area contributed by atoms with Crippen LogP contribution in [0.5, 0.6) is 17.2 Å². The summed E-state index contributed by atoms with van der Waals surface area (Å²) >= 11 is 1.57. The number of carbonyl (C=O) groups is 1. The lowest BCUT2D eigenvalue weighted by molar-refractivity contribution is -0.138. The molecule has 1 aliphatic rings. The van der Waals surface area contributed by atoms with Gasteiger partial charge in [0, 0.05) is 5.75 Å². The molecule has 2 N–H and O–H groups in total. The van der Waals surface area contributed by atoms with Gasteiger partial charge in [-0.25, -0.2) is 0 Å². The van der Waals surface area contributed by atoms with Gasteiger partial charge >= 0.3 is 5.97 Å². The fourth-order valence-corrected chi connectivity index (χ4v) is 4.45. The van der Waals surface area contributed by atoms with Crippen molar-refractivity contribution in [3.05, 3.63) is 52.6 Å². The van der Waals surface area contributed by atoms with Crippen LogP contribution in [0.25, 0.3) is 0 Å². The normalized spacial score (nSPS) is 18.5. The van der Waals surface area contributed by atoms with E-state index in [1.165, 1.54) is 11.1 Å². The molecule has 6 nitrogen and oxygen atoms in total. The first kappa shape index (κ1) is 21.3. The zero-order valence-corrected chi connectivity index (χ0v) is 18.0. The molecule has 2 atom stereocenters. The molecule has 0 spiro atoms. The third kappa shape index (κ3) is 5.16. The topological polar surface area (TPSA) is 77.0 Å². The summed E-state index contributed by atoms with van der Waals surface area (Å²) in [4.78, 5) is 11.1. The van der Waals surface area contributed by atoms with E-state index in [-0.39, 0.29) is 5.37 Å². The summed E-state index contributed by atoms with van der Waals surface area (Å²) in [7, 11) is 1.59. The Morgan fingerprint density at radius 3 is 2.48 bits per heavy atom. The van der Waals surface area contributed by atoms with Gasteiger partial charge in [-0.1, -0.05) is 12.1 Å². The predicted octanol–water partition coefficient (Wildman–Crippen LogP) is 3.87. The number of ether oxygens (including phenoxy) is 3. The van der Waals surface area contributed by atoms with Crippen LogP contribution in [0.3, 0.4) is 0 Å². The molecular formula is C22H27NO5S. The van der Waals surface area contributed by atoms with Crippen molar-refractivity contribution >= 4 is 17.7 Å². The molecule has 0 amide bonds. The molecule has 29 heavy (non-hydrogen) atoms. The molecular weight excluding hydrogens is 390 g/mol. The number of methoxy groups -OCH3 is 1. The van der Waals surface area contributed by atoms with Crippen LogP contribution in [0, 0.1) is 20.8 Å². The fourth-order valence-electron chi connectivity index (χ4n) is 3.23. The number of thioether (sulfide) groups is 1. The van der Waals surface area contributed by atoms with E-state index >= 15 is 0 Å². The van der Waals surface area contributed by atoms with Crippen LogP contribution >= 0.6 is 11.8 Å². The molecule has 0 aromatic heterocycles. The highest BCUT2D eigenvalue weighted by Gasteiger charge is 2.30. The minimum absolute atomic E-state index is 0.0741. The minimum Gasteiger partial charge on any atom is -0.493 e. The van der Waals surface area contributed by atoms with Crippen molar-refractivity contribution in [3.63, 3.8) is 0 Å². The molecule has 1 saturated heterocycles. The Morgan fingerprint density at radius 2 is 1.83 bits per heavy atom. The molecule has 3 rings (SSSR count). The summed E-state index contributed by atoms with van der Waals surface area (Å²) in [5.74, 6) is 1.84. The van der Waals surface area contributed by atoms with Crippen LogP contribution in [-0.2, 0) is 4.79 Å². The highest BCUT2D eigenvalue weighted by Crippen LogP contribution is 2.37. The smallest absolute Gasteiger partial charge is 0.321 e. The Labute approximate surface area is 175 Å². The van der Waals surface area contributed by atoms with Crippen molar-refractivity contribution in [1.29, 1.82) is 0 Å². The van der Waals surface area contributed by atoms with E-state index in [1.807, 2.05) is 24.3 Å². The molecule has 0 radical (unpaired) electrons. The Bertz CT molecular complexity index is 886. The number of hydrogen-bond donors (Lipinski definition) is 2. The molecule has 7 heteroatoms. The van der Waals surface area contributed by atoms with Crippen molar-refractivity contribution in [3.8, 4) is 17.2 Å². The Hall–Kier alpha value is -2.38. The van der Waals surface area contributed by atoms with Gasteiger partial charge in [0.15, 0.2) is 11.5 Å². The van der Waals surface area contributed by atoms with Crippen molar-refractivity contribution in [2.75, 3.05) is 26.1 Å². The van der Waals surface area contributed by atoms with Gasteiger partial charge < -0.3 is 19.3 Å². The predicted molar refractivity (Wildman–Crippen MR) is 114 cm³/mol. The van der Waals surface area contributed by atoms with Crippen LogP contribution in [0.1, 0.15) is 27.6 Å². The van der Waals surface area contributed by atoms with Crippen LogP contribution in [0.4, 0.5) is 0 Å². The number of hydrogen-bond acceptors (Lipinski definition) is 6. The van der Waals surface area contributed by atoms with Crippen molar-refractivity contribution in [2.24, 2.45) is 0 Å². The molecule has 2 aromatic rings. The number of rotatable bonds is 8. The minimum atomic E-state index is -0.828. The van der Waals surface area contributed by atoms with Crippen LogP contribution < -0.4 is 19.5 Å². The first-order valence-corrected chi connectivity index (χ1v) is 10.6. The molecule has 1 aliphatic heterocycles. The van der Waals surface area contributed by atoms with E-state index in [9.17, 15) is 4.79 Å². The van der Waals surface area contributed by atoms with Crippen LogP contribution in [0.2, 0.25) is 0 Å². The van der Waals surface area contributed by atoms with Crippen LogP contribution in [-0.4, -0.2) is 43.2 Å². The second-order valence-electron chi connectivity index (χ2n) is 7.08. The molecule has 0 aliphatic carbocycles. The maximum Gasteiger partial charge on any atom is 0.321 e. The zero-order chi connectivity index (χ0) is 21.0. The quantitative estimate of drug-likeness (QED) is 0.632. The maximum absolute atomic E-state index is 11.1. The van der Waals surface area contributed by atoms with Gasteiger partial charge in [-0.3, -0.25) is 10.1 Å². The van der Waals surface area contributed by atoms with Gasteiger partial charge in [0.1, 0.15) is 25.0 Å².